The number of rotatable bonds is 9. The molecule has 31 heavy (non-hydrogen) atoms. The maximum atomic E-state index is 12.3. The van der Waals surface area contributed by atoms with Crippen LogP contribution in [-0.2, 0) is 0 Å². The quantitative estimate of drug-likeness (QED) is 0.303. The average molecular weight is 424 g/mol. The van der Waals surface area contributed by atoms with Gasteiger partial charge >= 0.3 is 5.69 Å². The second-order valence-electron chi connectivity index (χ2n) is 6.07. The lowest BCUT2D eigenvalue weighted by atomic mass is 10.1. The van der Waals surface area contributed by atoms with Gasteiger partial charge in [0.25, 0.3) is 5.56 Å². The third-order valence-electron chi connectivity index (χ3n) is 4.01. The van der Waals surface area contributed by atoms with Gasteiger partial charge in [-0.15, -0.1) is 10.2 Å². The number of hydrogen-bond donors (Lipinski definition) is 2. The highest BCUT2D eigenvalue weighted by Gasteiger charge is 2.19. The van der Waals surface area contributed by atoms with Gasteiger partial charge in [0.2, 0.25) is 11.7 Å². The Hall–Kier alpha value is -4.28. The summed E-state index contributed by atoms with van der Waals surface area (Å²) in [7, 11) is 0. The zero-order valence-electron chi connectivity index (χ0n) is 16.9. The van der Waals surface area contributed by atoms with Gasteiger partial charge in [-0.25, -0.2) is 5.43 Å². The van der Waals surface area contributed by atoms with Crippen molar-refractivity contribution in [3.05, 3.63) is 68.5 Å². The molecule has 11 heteroatoms. The van der Waals surface area contributed by atoms with Gasteiger partial charge in [0, 0.05) is 23.3 Å². The number of hydrazone groups is 1. The van der Waals surface area contributed by atoms with E-state index in [1.54, 1.807) is 38.1 Å². The predicted octanol–water partition coefficient (Wildman–Crippen LogP) is 2.98. The van der Waals surface area contributed by atoms with Crippen LogP contribution in [0.25, 0.3) is 11.3 Å². The van der Waals surface area contributed by atoms with E-state index in [1.165, 1.54) is 18.3 Å². The summed E-state index contributed by atoms with van der Waals surface area (Å²) >= 11 is 0. The van der Waals surface area contributed by atoms with Gasteiger partial charge in [-0.3, -0.25) is 19.9 Å². The smallest absolute Gasteiger partial charge is 0.311 e. The van der Waals surface area contributed by atoms with Crippen LogP contribution in [0, 0.1) is 10.1 Å². The summed E-state index contributed by atoms with van der Waals surface area (Å²) < 4.78 is 10.9. The first kappa shape index (κ1) is 21.4. The first-order valence-electron chi connectivity index (χ1n) is 9.43. The van der Waals surface area contributed by atoms with E-state index in [0.29, 0.717) is 23.5 Å². The second kappa shape index (κ2) is 9.96. The number of nitro groups is 1. The van der Waals surface area contributed by atoms with Crippen LogP contribution in [0.4, 0.5) is 11.6 Å². The van der Waals surface area contributed by atoms with Crippen molar-refractivity contribution in [1.29, 1.82) is 0 Å². The van der Waals surface area contributed by atoms with E-state index in [0.717, 1.165) is 0 Å². The van der Waals surface area contributed by atoms with Crippen LogP contribution >= 0.6 is 0 Å². The van der Waals surface area contributed by atoms with Gasteiger partial charge < -0.3 is 9.47 Å². The summed E-state index contributed by atoms with van der Waals surface area (Å²) in [5.41, 5.74) is 3.06. The number of benzene rings is 2. The van der Waals surface area contributed by atoms with Gasteiger partial charge in [-0.05, 0) is 13.8 Å². The molecule has 0 fully saturated rings. The summed E-state index contributed by atoms with van der Waals surface area (Å²) in [5, 5.41) is 23.2. The van der Waals surface area contributed by atoms with Crippen molar-refractivity contribution in [3.63, 3.8) is 0 Å². The van der Waals surface area contributed by atoms with Gasteiger partial charge in [-0.1, -0.05) is 30.3 Å². The number of nitrogens with zero attached hydrogens (tertiary/aromatic N) is 4. The normalized spacial score (nSPS) is 10.8. The molecule has 3 aromatic rings. The number of nitro benzene ring substituents is 1. The van der Waals surface area contributed by atoms with Crippen LogP contribution in [0.1, 0.15) is 19.4 Å². The molecule has 3 rings (SSSR count). The van der Waals surface area contributed by atoms with Crippen LogP contribution in [0.2, 0.25) is 0 Å². The van der Waals surface area contributed by atoms with E-state index in [4.69, 9.17) is 9.47 Å². The Bertz CT molecular complexity index is 1150. The Balaban J connectivity index is 1.84. The first-order chi connectivity index (χ1) is 15.0. The monoisotopic (exact) mass is 424 g/mol. The van der Waals surface area contributed by atoms with Crippen molar-refractivity contribution in [2.24, 2.45) is 5.10 Å². The summed E-state index contributed by atoms with van der Waals surface area (Å²) in [6, 6.07) is 11.7. The van der Waals surface area contributed by atoms with Crippen LogP contribution in [-0.4, -0.2) is 39.5 Å². The lowest BCUT2D eigenvalue weighted by molar-refractivity contribution is -0.385. The van der Waals surface area contributed by atoms with Crippen LogP contribution in [0.5, 0.6) is 11.5 Å². The zero-order valence-corrected chi connectivity index (χ0v) is 16.9. The lowest BCUT2D eigenvalue weighted by Crippen LogP contribution is -2.15. The van der Waals surface area contributed by atoms with Crippen LogP contribution < -0.4 is 20.5 Å². The fraction of sp³-hybridized carbons (Fsp3) is 0.200. The summed E-state index contributed by atoms with van der Waals surface area (Å²) in [4.78, 5) is 25.6. The van der Waals surface area contributed by atoms with Crippen molar-refractivity contribution in [2.75, 3.05) is 18.6 Å². The predicted molar refractivity (Wildman–Crippen MR) is 115 cm³/mol. The molecule has 0 spiro atoms. The maximum Gasteiger partial charge on any atom is 0.311 e. The molecule has 0 amide bonds. The van der Waals surface area contributed by atoms with E-state index in [9.17, 15) is 14.9 Å². The molecule has 11 nitrogen and oxygen atoms in total. The van der Waals surface area contributed by atoms with E-state index in [-0.39, 0.29) is 29.7 Å². The van der Waals surface area contributed by atoms with Crippen molar-refractivity contribution in [2.45, 2.75) is 13.8 Å². The van der Waals surface area contributed by atoms with Crippen LogP contribution in [0.3, 0.4) is 0 Å². The highest BCUT2D eigenvalue weighted by Crippen LogP contribution is 2.34. The molecule has 0 saturated heterocycles. The Morgan fingerprint density at radius 1 is 1.13 bits per heavy atom. The molecule has 2 aromatic carbocycles. The van der Waals surface area contributed by atoms with Crippen molar-refractivity contribution in [1.82, 2.24) is 15.2 Å². The van der Waals surface area contributed by atoms with Gasteiger partial charge in [0.05, 0.1) is 24.4 Å². The second-order valence-corrected chi connectivity index (χ2v) is 6.07. The lowest BCUT2D eigenvalue weighted by Gasteiger charge is -2.10. The fourth-order valence-corrected chi connectivity index (χ4v) is 2.70. The van der Waals surface area contributed by atoms with Gasteiger partial charge in [0.15, 0.2) is 5.69 Å². The number of H-pyrrole nitrogens is 1. The maximum absolute atomic E-state index is 12.3. The first-order valence-corrected chi connectivity index (χ1v) is 9.43. The molecular weight excluding hydrogens is 404 g/mol. The minimum atomic E-state index is -0.545. The highest BCUT2D eigenvalue weighted by molar-refractivity contribution is 5.86. The molecule has 160 valence electrons. The fourth-order valence-electron chi connectivity index (χ4n) is 2.70. The molecule has 0 unspecified atom stereocenters. The topological polar surface area (TPSA) is 145 Å². The van der Waals surface area contributed by atoms with Gasteiger partial charge in [-0.2, -0.15) is 5.10 Å². The van der Waals surface area contributed by atoms with Crippen molar-refractivity contribution in [3.8, 4) is 22.8 Å². The van der Waals surface area contributed by atoms with E-state index < -0.39 is 10.5 Å². The Labute approximate surface area is 176 Å². The highest BCUT2D eigenvalue weighted by atomic mass is 16.6. The largest absolute Gasteiger partial charge is 0.493 e. The van der Waals surface area contributed by atoms with E-state index >= 15 is 0 Å². The minimum absolute atomic E-state index is 0.0133. The number of anilines is 1. The summed E-state index contributed by atoms with van der Waals surface area (Å²) in [6.07, 6.45) is 1.32. The number of aromatic amines is 1. The SMILES string of the molecule is CCOc1cc(OCC)c([N+](=O)[O-])cc1/C=N/Nc1nnc(-c2ccccc2)c(=O)[nH]1. The van der Waals surface area contributed by atoms with Gasteiger partial charge in [0.1, 0.15) is 5.75 Å². The third-order valence-corrected chi connectivity index (χ3v) is 4.01. The standard InChI is InChI=1S/C20H20N6O5/c1-3-30-16-11-17(31-4-2)15(26(28)29)10-14(16)12-21-24-20-22-19(27)18(23-25-20)13-8-6-5-7-9-13/h5-12H,3-4H2,1-2H3,(H2,22,24,25,27)/b21-12+. The summed E-state index contributed by atoms with van der Waals surface area (Å²) in [6.45, 7) is 4.13. The molecule has 0 radical (unpaired) electrons. The van der Waals surface area contributed by atoms with E-state index in [2.05, 4.69) is 25.7 Å². The average Bonchev–Trinajstić information content (AvgIpc) is 2.76. The Kier molecular flexibility index (Phi) is 6.89. The number of nitrogens with one attached hydrogen (secondary N) is 2. The summed E-state index contributed by atoms with van der Waals surface area (Å²) in [5.74, 6) is 0.480. The van der Waals surface area contributed by atoms with E-state index in [1.807, 2.05) is 6.07 Å². The molecule has 2 N–H and O–H groups in total. The molecule has 0 aliphatic heterocycles. The molecule has 0 bridgehead atoms. The zero-order chi connectivity index (χ0) is 22.2. The number of ether oxygens (including phenoxy) is 2. The number of hydrogen-bond acceptors (Lipinski definition) is 9. The van der Waals surface area contributed by atoms with Crippen molar-refractivity contribution >= 4 is 17.9 Å². The third kappa shape index (κ3) is 5.21. The molecule has 0 atom stereocenters. The minimum Gasteiger partial charge on any atom is -0.493 e. The molecule has 0 aliphatic rings. The molecular formula is C20H20N6O5. The molecule has 1 heterocycles. The molecule has 0 saturated carbocycles. The van der Waals surface area contributed by atoms with Crippen LogP contribution in [0.15, 0.2) is 52.4 Å². The molecule has 1 aromatic heterocycles. The molecule has 0 aliphatic carbocycles. The number of aromatic nitrogens is 3. The van der Waals surface area contributed by atoms with Crippen molar-refractivity contribution < 1.29 is 14.4 Å². The Morgan fingerprint density at radius 2 is 1.84 bits per heavy atom. The Morgan fingerprint density at radius 3 is 2.48 bits per heavy atom.